The van der Waals surface area contributed by atoms with Gasteiger partial charge in [-0.1, -0.05) is 295 Å². The quantitative estimate of drug-likeness (QED) is 0.0255. The molecule has 0 amide bonds. The van der Waals surface area contributed by atoms with Gasteiger partial charge in [0.25, 0.3) is 0 Å². The molecule has 2 atom stereocenters. The monoisotopic (exact) mass is 1340 g/mol. The summed E-state index contributed by atoms with van der Waals surface area (Å²) in [5, 5.41) is 0. The summed E-state index contributed by atoms with van der Waals surface area (Å²) in [6.07, 6.45) is 104. The fourth-order valence-electron chi connectivity index (χ4n) is 10.5. The highest BCUT2D eigenvalue weighted by Crippen LogP contribution is 2.18. The number of rotatable bonds is 69. The van der Waals surface area contributed by atoms with E-state index in [0.717, 1.165) is 186 Å². The number of hydrogen-bond acceptors (Lipinski definition) is 9. The Labute approximate surface area is 596 Å². The maximum Gasteiger partial charge on any atom is 0.307 e. The average Bonchev–Trinajstić information content (AvgIpc) is 3.81. The molecule has 0 radical (unpaired) electrons. The summed E-state index contributed by atoms with van der Waals surface area (Å²) in [4.78, 5) is 52.7. The zero-order chi connectivity index (χ0) is 70.3. The van der Waals surface area contributed by atoms with E-state index in [4.69, 9.17) is 18.9 Å². The standard InChI is InChI=1S/C88H143NO8/c1-6-11-15-19-21-23-25-27-29-31-33-35-37-39-41-47-53-59-67-75-87(92)96-83(71-63-17-13-8-3)73-65-57-51-45-43-49-55-61-69-81-94-85(90)77-79-89(10-5)80-78-86(91)95-82-70-62-56-50-44-46-52-58-66-74-84(72-64-18-14-9-4)97-88(93)76-68-60-54-48-42-40-38-36-34-32-30-28-26-24-22-20-16-12-7-2/h11-12,15-16,21-24,27-30,33-36,39-42,53-54,57-60,65-66,83-84H,6-10,13-14,17-20,25-26,31-32,37-38,43-52,55-56,61-64,67-82H2,1-5H3/b15-11-,16-12-,23-21-,24-22-,29-27-,30-28-,35-33-,36-34-,41-39-,42-40-,59-53-,60-54-,65-57-,66-58-. The third kappa shape index (κ3) is 72.8. The molecule has 0 aliphatic heterocycles. The van der Waals surface area contributed by atoms with Crippen molar-refractivity contribution >= 4 is 23.9 Å². The van der Waals surface area contributed by atoms with Crippen LogP contribution in [0.4, 0.5) is 0 Å². The second-order valence-corrected chi connectivity index (χ2v) is 25.4. The van der Waals surface area contributed by atoms with E-state index in [1.54, 1.807) is 0 Å². The molecular formula is C88H143NO8. The second-order valence-electron chi connectivity index (χ2n) is 25.4. The summed E-state index contributed by atoms with van der Waals surface area (Å²) in [6.45, 7) is 13.6. The van der Waals surface area contributed by atoms with E-state index >= 15 is 0 Å². The predicted octanol–water partition coefficient (Wildman–Crippen LogP) is 25.2. The zero-order valence-electron chi connectivity index (χ0n) is 62.7. The number of unbranched alkanes of at least 4 members (excludes halogenated alkanes) is 18. The molecule has 97 heavy (non-hydrogen) atoms. The van der Waals surface area contributed by atoms with Crippen molar-refractivity contribution in [3.8, 4) is 0 Å². The first-order valence-electron chi connectivity index (χ1n) is 39.3. The fourth-order valence-corrected chi connectivity index (χ4v) is 10.5. The number of hydrogen-bond donors (Lipinski definition) is 0. The summed E-state index contributed by atoms with van der Waals surface area (Å²) in [6, 6.07) is 0. The predicted molar refractivity (Wildman–Crippen MR) is 418 cm³/mol. The molecule has 548 valence electrons. The van der Waals surface area contributed by atoms with Gasteiger partial charge in [0.1, 0.15) is 12.2 Å². The van der Waals surface area contributed by atoms with Crippen molar-refractivity contribution in [2.24, 2.45) is 0 Å². The maximum absolute atomic E-state index is 12.8. The van der Waals surface area contributed by atoms with E-state index in [2.05, 4.69) is 203 Å². The van der Waals surface area contributed by atoms with Crippen molar-refractivity contribution in [2.45, 2.75) is 329 Å². The normalized spacial score (nSPS) is 13.4. The van der Waals surface area contributed by atoms with Gasteiger partial charge in [-0.05, 0) is 161 Å². The molecule has 0 aromatic rings. The molecule has 0 spiro atoms. The molecule has 2 unspecified atom stereocenters. The van der Waals surface area contributed by atoms with Crippen LogP contribution in [0.1, 0.15) is 317 Å². The van der Waals surface area contributed by atoms with Gasteiger partial charge in [-0.2, -0.15) is 0 Å². The average molecular weight is 1340 g/mol. The number of nitrogens with zero attached hydrogens (tertiary/aromatic N) is 1. The van der Waals surface area contributed by atoms with Crippen molar-refractivity contribution in [2.75, 3.05) is 32.8 Å². The minimum absolute atomic E-state index is 0.0498. The van der Waals surface area contributed by atoms with Crippen molar-refractivity contribution in [1.82, 2.24) is 4.90 Å². The number of carbonyl (C=O) groups excluding carboxylic acids is 4. The number of carbonyl (C=O) groups is 4. The first-order valence-corrected chi connectivity index (χ1v) is 39.3. The van der Waals surface area contributed by atoms with Crippen LogP contribution in [0.3, 0.4) is 0 Å². The number of ether oxygens (including phenoxy) is 4. The third-order valence-electron chi connectivity index (χ3n) is 16.5. The first kappa shape index (κ1) is 91.2. The molecule has 0 heterocycles. The van der Waals surface area contributed by atoms with Gasteiger partial charge in [0, 0.05) is 38.8 Å². The molecule has 0 rings (SSSR count). The van der Waals surface area contributed by atoms with E-state index in [9.17, 15) is 19.2 Å². The Morgan fingerprint density at radius 2 is 0.557 bits per heavy atom. The van der Waals surface area contributed by atoms with Gasteiger partial charge in [0.05, 0.1) is 26.1 Å². The van der Waals surface area contributed by atoms with Gasteiger partial charge in [0.2, 0.25) is 0 Å². The molecule has 0 aromatic heterocycles. The molecule has 0 saturated heterocycles. The summed E-state index contributed by atoms with van der Waals surface area (Å²) in [5.74, 6) is -0.549. The Morgan fingerprint density at radius 3 is 0.866 bits per heavy atom. The van der Waals surface area contributed by atoms with Crippen LogP contribution in [0.25, 0.3) is 0 Å². The van der Waals surface area contributed by atoms with Gasteiger partial charge < -0.3 is 23.8 Å². The van der Waals surface area contributed by atoms with Crippen LogP contribution in [-0.4, -0.2) is 73.8 Å². The van der Waals surface area contributed by atoms with Crippen LogP contribution in [0, 0.1) is 0 Å². The number of allylic oxidation sites excluding steroid dienone is 26. The molecule has 0 saturated carbocycles. The van der Waals surface area contributed by atoms with Crippen LogP contribution in [0.15, 0.2) is 170 Å². The van der Waals surface area contributed by atoms with Crippen LogP contribution >= 0.6 is 0 Å². The molecule has 0 aliphatic rings. The molecular weight excluding hydrogens is 1200 g/mol. The van der Waals surface area contributed by atoms with Crippen molar-refractivity contribution < 1.29 is 38.1 Å². The second kappa shape index (κ2) is 77.6. The minimum atomic E-state index is -0.177. The maximum atomic E-state index is 12.8. The van der Waals surface area contributed by atoms with Crippen LogP contribution in [0.2, 0.25) is 0 Å². The molecule has 0 fully saturated rings. The van der Waals surface area contributed by atoms with Gasteiger partial charge in [-0.25, -0.2) is 0 Å². The van der Waals surface area contributed by atoms with E-state index in [0.29, 0.717) is 64.8 Å². The summed E-state index contributed by atoms with van der Waals surface area (Å²) < 4.78 is 23.0. The van der Waals surface area contributed by atoms with Crippen molar-refractivity contribution in [3.63, 3.8) is 0 Å². The first-order chi connectivity index (χ1) is 47.8. The SMILES string of the molecule is CC/C=C\C/C=C\C/C=C\C/C=C\C/C=C\C/C=C\CCC(=O)OC(C/C=C\CCCCCCCCOC(=O)CCN(CC)CCC(=O)OCCCCCCCC/C=C\CC(CCCCCC)OC(=O)CC/C=C\C/C=C\C/C=C\C/C=C\C/C=C\C/C=C\CC)CCCCCC. The molecule has 9 heteroatoms. The largest absolute Gasteiger partial charge is 0.466 e. The Kier molecular flexibility index (Phi) is 72.9. The van der Waals surface area contributed by atoms with Crippen LogP contribution < -0.4 is 0 Å². The van der Waals surface area contributed by atoms with E-state index < -0.39 is 0 Å². The third-order valence-corrected chi connectivity index (χ3v) is 16.5. The lowest BCUT2D eigenvalue weighted by Gasteiger charge is -2.19. The Bertz CT molecular complexity index is 2090. The molecule has 0 bridgehead atoms. The molecule has 0 N–H and O–H groups in total. The van der Waals surface area contributed by atoms with Crippen LogP contribution in [0.5, 0.6) is 0 Å². The minimum Gasteiger partial charge on any atom is -0.466 e. The number of esters is 4. The molecule has 9 nitrogen and oxygen atoms in total. The molecule has 0 aromatic carbocycles. The van der Waals surface area contributed by atoms with Gasteiger partial charge in [0.15, 0.2) is 0 Å². The summed E-state index contributed by atoms with van der Waals surface area (Å²) in [5.41, 5.74) is 0. The summed E-state index contributed by atoms with van der Waals surface area (Å²) in [7, 11) is 0. The van der Waals surface area contributed by atoms with Crippen molar-refractivity contribution in [3.05, 3.63) is 170 Å². The lowest BCUT2D eigenvalue weighted by molar-refractivity contribution is -0.150. The smallest absolute Gasteiger partial charge is 0.307 e. The van der Waals surface area contributed by atoms with Gasteiger partial charge >= 0.3 is 23.9 Å². The van der Waals surface area contributed by atoms with E-state index in [1.807, 2.05) is 6.92 Å². The van der Waals surface area contributed by atoms with Crippen LogP contribution in [-0.2, 0) is 38.1 Å². The highest BCUT2D eigenvalue weighted by atomic mass is 16.6. The molecule has 0 aliphatic carbocycles. The zero-order valence-corrected chi connectivity index (χ0v) is 62.7. The Balaban J connectivity index is 4.14. The van der Waals surface area contributed by atoms with E-state index in [-0.39, 0.29) is 36.1 Å². The van der Waals surface area contributed by atoms with Gasteiger partial charge in [-0.15, -0.1) is 0 Å². The lowest BCUT2D eigenvalue weighted by Crippen LogP contribution is -2.29. The Hall–Kier alpha value is -5.80. The summed E-state index contributed by atoms with van der Waals surface area (Å²) >= 11 is 0. The van der Waals surface area contributed by atoms with E-state index in [1.165, 1.54) is 64.2 Å². The van der Waals surface area contributed by atoms with Crippen molar-refractivity contribution in [1.29, 1.82) is 0 Å². The van der Waals surface area contributed by atoms with Gasteiger partial charge in [-0.3, -0.25) is 19.2 Å². The Morgan fingerprint density at radius 1 is 0.278 bits per heavy atom. The lowest BCUT2D eigenvalue weighted by atomic mass is 10.1. The highest BCUT2D eigenvalue weighted by molar-refractivity contribution is 5.71. The highest BCUT2D eigenvalue weighted by Gasteiger charge is 2.15. The fraction of sp³-hybridized carbons (Fsp3) is 0.636. The topological polar surface area (TPSA) is 108 Å².